The van der Waals surface area contributed by atoms with Gasteiger partial charge in [-0.3, -0.25) is 0 Å². The first-order valence-corrected chi connectivity index (χ1v) is 8.75. The Kier molecular flexibility index (Phi) is 4.22. The van der Waals surface area contributed by atoms with E-state index in [1.54, 1.807) is 12.1 Å². The van der Waals surface area contributed by atoms with Gasteiger partial charge in [0.1, 0.15) is 5.75 Å². The molecule has 5 nitrogen and oxygen atoms in total. The van der Waals surface area contributed by atoms with Crippen molar-refractivity contribution in [3.63, 3.8) is 0 Å². The van der Waals surface area contributed by atoms with Crippen molar-refractivity contribution in [2.45, 2.75) is 6.04 Å². The van der Waals surface area contributed by atoms with Crippen LogP contribution in [0.2, 0.25) is 0 Å². The molecular formula is C22H21N3O2. The summed E-state index contributed by atoms with van der Waals surface area (Å²) < 4.78 is 0. The zero-order valence-corrected chi connectivity index (χ0v) is 14.7. The Morgan fingerprint density at radius 2 is 1.59 bits per heavy atom. The van der Waals surface area contributed by atoms with Crippen LogP contribution in [0.4, 0.5) is 17.1 Å². The van der Waals surface area contributed by atoms with Crippen LogP contribution in [0.3, 0.4) is 0 Å². The maximum Gasteiger partial charge on any atom is 0.125 e. The highest BCUT2D eigenvalue weighted by Crippen LogP contribution is 2.38. The summed E-state index contributed by atoms with van der Waals surface area (Å²) in [6, 6.07) is 20.3. The van der Waals surface area contributed by atoms with Crippen molar-refractivity contribution in [2.24, 2.45) is 0 Å². The van der Waals surface area contributed by atoms with E-state index in [4.69, 9.17) is 11.5 Å². The molecule has 7 N–H and O–H groups in total. The van der Waals surface area contributed by atoms with Gasteiger partial charge in [-0.2, -0.15) is 0 Å². The Morgan fingerprint density at radius 1 is 0.852 bits per heavy atom. The molecule has 0 radical (unpaired) electrons. The molecule has 0 saturated carbocycles. The highest BCUT2D eigenvalue weighted by atomic mass is 16.3. The van der Waals surface area contributed by atoms with Gasteiger partial charge in [-0.15, -0.1) is 0 Å². The summed E-state index contributed by atoms with van der Waals surface area (Å²) in [5.41, 5.74) is 15.1. The number of phenolic OH excluding ortho intramolecular Hbond substituents is 1. The Labute approximate surface area is 156 Å². The molecule has 0 spiro atoms. The number of hydrogen-bond donors (Lipinski definition) is 5. The lowest BCUT2D eigenvalue weighted by molar-refractivity contribution is 0.277. The number of aliphatic hydroxyl groups is 1. The predicted molar refractivity (Wildman–Crippen MR) is 112 cm³/mol. The van der Waals surface area contributed by atoms with E-state index >= 15 is 0 Å². The quantitative estimate of drug-likeness (QED) is 0.354. The molecule has 27 heavy (non-hydrogen) atoms. The minimum Gasteiger partial charge on any atom is -0.507 e. The van der Waals surface area contributed by atoms with Crippen LogP contribution in [-0.2, 0) is 0 Å². The van der Waals surface area contributed by atoms with E-state index in [2.05, 4.69) is 5.32 Å². The summed E-state index contributed by atoms with van der Waals surface area (Å²) in [5.74, 6) is 0.124. The third-order valence-corrected chi connectivity index (χ3v) is 4.93. The van der Waals surface area contributed by atoms with Crippen molar-refractivity contribution < 1.29 is 10.2 Å². The fourth-order valence-corrected chi connectivity index (χ4v) is 3.61. The van der Waals surface area contributed by atoms with Gasteiger partial charge in [0.2, 0.25) is 0 Å². The third kappa shape index (κ3) is 2.88. The second-order valence-corrected chi connectivity index (χ2v) is 6.57. The molecule has 136 valence electrons. The van der Waals surface area contributed by atoms with Gasteiger partial charge < -0.3 is 27.0 Å². The maximum absolute atomic E-state index is 10.2. The topological polar surface area (TPSA) is 105 Å². The number of phenols is 1. The number of nitrogens with one attached hydrogen (secondary N) is 1. The first kappa shape index (κ1) is 17.0. The largest absolute Gasteiger partial charge is 0.507 e. The molecule has 0 heterocycles. The van der Waals surface area contributed by atoms with E-state index in [9.17, 15) is 10.2 Å². The summed E-state index contributed by atoms with van der Waals surface area (Å²) in [5, 5.41) is 27.0. The number of nitrogen functional groups attached to an aromatic ring is 2. The van der Waals surface area contributed by atoms with Crippen molar-refractivity contribution in [1.82, 2.24) is 0 Å². The number of fused-ring (bicyclic) bond motifs is 2. The van der Waals surface area contributed by atoms with Crippen LogP contribution in [0.25, 0.3) is 21.5 Å². The zero-order valence-electron chi connectivity index (χ0n) is 14.7. The minimum atomic E-state index is -0.443. The van der Waals surface area contributed by atoms with Gasteiger partial charge in [0.15, 0.2) is 0 Å². The zero-order chi connectivity index (χ0) is 19.0. The van der Waals surface area contributed by atoms with Crippen molar-refractivity contribution >= 4 is 38.6 Å². The molecule has 4 rings (SSSR count). The number of rotatable bonds is 4. The van der Waals surface area contributed by atoms with Crippen LogP contribution in [-0.4, -0.2) is 16.8 Å². The maximum atomic E-state index is 10.2. The lowest BCUT2D eigenvalue weighted by atomic mass is 9.96. The monoisotopic (exact) mass is 359 g/mol. The van der Waals surface area contributed by atoms with Crippen LogP contribution >= 0.6 is 0 Å². The van der Waals surface area contributed by atoms with Gasteiger partial charge in [0.05, 0.1) is 24.0 Å². The van der Waals surface area contributed by atoms with Gasteiger partial charge in [0.25, 0.3) is 0 Å². The summed E-state index contributed by atoms with van der Waals surface area (Å²) in [7, 11) is 0. The van der Waals surface area contributed by atoms with Crippen molar-refractivity contribution in [3.8, 4) is 5.75 Å². The van der Waals surface area contributed by atoms with Gasteiger partial charge >= 0.3 is 0 Å². The van der Waals surface area contributed by atoms with E-state index < -0.39 is 6.04 Å². The van der Waals surface area contributed by atoms with Crippen LogP contribution in [0.1, 0.15) is 11.6 Å². The first-order valence-electron chi connectivity index (χ1n) is 8.75. The molecule has 1 atom stereocenters. The Hall–Kier alpha value is -3.44. The van der Waals surface area contributed by atoms with Gasteiger partial charge in [-0.1, -0.05) is 48.5 Å². The van der Waals surface area contributed by atoms with E-state index in [-0.39, 0.29) is 12.4 Å². The summed E-state index contributed by atoms with van der Waals surface area (Å²) in [6.07, 6.45) is 0. The van der Waals surface area contributed by atoms with E-state index in [0.717, 1.165) is 21.7 Å². The van der Waals surface area contributed by atoms with Crippen molar-refractivity contribution in [2.75, 3.05) is 23.4 Å². The number of benzene rings is 4. The molecule has 0 aliphatic rings. The first-order chi connectivity index (χ1) is 13.1. The average molecular weight is 359 g/mol. The van der Waals surface area contributed by atoms with Gasteiger partial charge in [-0.25, -0.2) is 0 Å². The lowest BCUT2D eigenvalue weighted by Gasteiger charge is -2.23. The molecule has 0 amide bonds. The van der Waals surface area contributed by atoms with Crippen molar-refractivity contribution in [3.05, 3.63) is 72.3 Å². The highest BCUT2D eigenvalue weighted by Gasteiger charge is 2.18. The molecule has 4 aromatic carbocycles. The highest BCUT2D eigenvalue weighted by molar-refractivity contribution is 6.03. The minimum absolute atomic E-state index is 0.124. The number of nitrogens with two attached hydrogens (primary N) is 2. The van der Waals surface area contributed by atoms with Crippen molar-refractivity contribution in [1.29, 1.82) is 0 Å². The normalized spacial score (nSPS) is 12.3. The molecule has 0 fully saturated rings. The second-order valence-electron chi connectivity index (χ2n) is 6.57. The molecule has 0 saturated heterocycles. The summed E-state index contributed by atoms with van der Waals surface area (Å²) in [6.45, 7) is -0.156. The molecular weight excluding hydrogens is 338 g/mol. The van der Waals surface area contributed by atoms with Gasteiger partial charge in [0, 0.05) is 16.6 Å². The predicted octanol–water partition coefficient (Wildman–Crippen LogP) is 4.01. The molecule has 5 heteroatoms. The summed E-state index contributed by atoms with van der Waals surface area (Å²) in [4.78, 5) is 0. The van der Waals surface area contributed by atoms with Crippen LogP contribution < -0.4 is 16.8 Å². The number of hydrogen-bond acceptors (Lipinski definition) is 5. The number of aliphatic hydroxyl groups excluding tert-OH is 1. The smallest absolute Gasteiger partial charge is 0.125 e. The molecule has 0 aliphatic heterocycles. The second kappa shape index (κ2) is 6.70. The molecule has 0 aromatic heterocycles. The average Bonchev–Trinajstić information content (AvgIpc) is 2.68. The lowest BCUT2D eigenvalue weighted by Crippen LogP contribution is -2.18. The Morgan fingerprint density at radius 3 is 2.41 bits per heavy atom. The number of anilines is 3. The molecule has 0 aliphatic carbocycles. The van der Waals surface area contributed by atoms with Gasteiger partial charge in [-0.05, 0) is 34.4 Å². The third-order valence-electron chi connectivity index (χ3n) is 4.93. The molecule has 4 aromatic rings. The SMILES string of the molecule is Nc1ccc2ccccc2c1C(CO)Nc1ccc2cccc(O)c2c1N. The van der Waals surface area contributed by atoms with Crippen LogP contribution in [0.5, 0.6) is 5.75 Å². The van der Waals surface area contributed by atoms with Crippen LogP contribution in [0.15, 0.2) is 66.7 Å². The van der Waals surface area contributed by atoms with Crippen LogP contribution in [0, 0.1) is 0 Å². The molecule has 1 unspecified atom stereocenters. The van der Waals surface area contributed by atoms with E-state index in [1.165, 1.54) is 0 Å². The Bertz CT molecular complexity index is 1140. The standard InChI is InChI=1S/C22H21N3O2/c23-16-10-8-13-4-1-2-6-15(13)21(16)18(12-26)25-17-11-9-14-5-3-7-19(27)20(14)22(17)24/h1-11,18,25-27H,12,23-24H2. The summed E-state index contributed by atoms with van der Waals surface area (Å²) >= 11 is 0. The van der Waals surface area contributed by atoms with E-state index in [0.29, 0.717) is 22.4 Å². The number of aromatic hydroxyl groups is 1. The van der Waals surface area contributed by atoms with E-state index in [1.807, 2.05) is 54.6 Å². The molecule has 0 bridgehead atoms. The fraction of sp³-hybridized carbons (Fsp3) is 0.0909. The Balaban J connectivity index is 1.82. The fourth-order valence-electron chi connectivity index (χ4n) is 3.61.